The van der Waals surface area contributed by atoms with Crippen molar-refractivity contribution in [3.8, 4) is 0 Å². The molecule has 3 atom stereocenters. The maximum absolute atomic E-state index is 6.79. The fourth-order valence-corrected chi connectivity index (χ4v) is 6.12. The quantitative estimate of drug-likeness (QED) is 0.468. The van der Waals surface area contributed by atoms with Crippen molar-refractivity contribution >= 4 is 23.2 Å². The van der Waals surface area contributed by atoms with Gasteiger partial charge in [-0.1, -0.05) is 89.9 Å². The van der Waals surface area contributed by atoms with Crippen molar-refractivity contribution in [2.24, 2.45) is 5.92 Å². The fraction of sp³-hybridized carbons (Fsp3) is 0.333. The zero-order valence-electron chi connectivity index (χ0n) is 17.6. The molecular formula is C27H28Cl2N2. The lowest BCUT2D eigenvalue weighted by atomic mass is 9.70. The molecule has 3 aliphatic rings. The molecule has 160 valence electrons. The Bertz CT molecular complexity index is 1000. The van der Waals surface area contributed by atoms with Crippen LogP contribution in [0.15, 0.2) is 78.9 Å². The summed E-state index contributed by atoms with van der Waals surface area (Å²) in [7, 11) is 0. The maximum atomic E-state index is 6.79. The molecule has 2 bridgehead atoms. The van der Waals surface area contributed by atoms with Crippen LogP contribution in [0, 0.1) is 5.92 Å². The molecule has 3 saturated heterocycles. The number of nitrogens with zero attached hydrogens (tertiary/aromatic N) is 1. The van der Waals surface area contributed by atoms with Crippen molar-refractivity contribution in [3.63, 3.8) is 0 Å². The molecule has 4 heteroatoms. The summed E-state index contributed by atoms with van der Waals surface area (Å²) in [6, 6.07) is 28.3. The Labute approximate surface area is 195 Å². The first-order valence-electron chi connectivity index (χ1n) is 11.2. The van der Waals surface area contributed by atoms with Crippen LogP contribution in [0.3, 0.4) is 0 Å². The summed E-state index contributed by atoms with van der Waals surface area (Å²) in [4.78, 5) is 2.69. The van der Waals surface area contributed by atoms with Gasteiger partial charge in [0.2, 0.25) is 0 Å². The van der Waals surface area contributed by atoms with Crippen LogP contribution in [0.25, 0.3) is 0 Å². The summed E-state index contributed by atoms with van der Waals surface area (Å²) in [5, 5.41) is 5.40. The van der Waals surface area contributed by atoms with E-state index in [2.05, 4.69) is 76.9 Å². The zero-order chi connectivity index (χ0) is 21.2. The average Bonchev–Trinajstić information content (AvgIpc) is 2.82. The van der Waals surface area contributed by atoms with Gasteiger partial charge in [-0.05, 0) is 60.7 Å². The minimum atomic E-state index is 0.197. The van der Waals surface area contributed by atoms with Gasteiger partial charge in [0.25, 0.3) is 0 Å². The molecule has 0 aromatic heterocycles. The molecule has 31 heavy (non-hydrogen) atoms. The third kappa shape index (κ3) is 4.40. The summed E-state index contributed by atoms with van der Waals surface area (Å²) in [5.41, 5.74) is 3.82. The number of hydrogen-bond donors (Lipinski definition) is 1. The predicted octanol–water partition coefficient (Wildman–Crippen LogP) is 6.38. The molecule has 1 N–H and O–H groups in total. The van der Waals surface area contributed by atoms with Gasteiger partial charge in [0.15, 0.2) is 0 Å². The number of nitrogens with one attached hydrogen (secondary N) is 1. The van der Waals surface area contributed by atoms with Gasteiger partial charge in [-0.2, -0.15) is 0 Å². The van der Waals surface area contributed by atoms with E-state index in [1.807, 2.05) is 12.1 Å². The second kappa shape index (κ2) is 9.34. The van der Waals surface area contributed by atoms with Gasteiger partial charge in [-0.3, -0.25) is 4.90 Å². The van der Waals surface area contributed by atoms with Gasteiger partial charge in [0.1, 0.15) is 0 Å². The van der Waals surface area contributed by atoms with Crippen molar-refractivity contribution in [2.45, 2.75) is 37.4 Å². The maximum Gasteiger partial charge on any atom is 0.0459 e. The van der Waals surface area contributed by atoms with Crippen LogP contribution in [0.2, 0.25) is 10.0 Å². The topological polar surface area (TPSA) is 15.3 Å². The third-order valence-electron chi connectivity index (χ3n) is 7.05. The van der Waals surface area contributed by atoms with Gasteiger partial charge >= 0.3 is 0 Å². The number of fused-ring (bicyclic) bond motifs is 3. The number of benzene rings is 3. The molecule has 3 aliphatic heterocycles. The van der Waals surface area contributed by atoms with Gasteiger partial charge in [0, 0.05) is 34.6 Å². The molecular weight excluding hydrogens is 423 g/mol. The summed E-state index contributed by atoms with van der Waals surface area (Å²) >= 11 is 13.0. The monoisotopic (exact) mass is 450 g/mol. The molecule has 0 radical (unpaired) electrons. The largest absolute Gasteiger partial charge is 0.308 e. The molecule has 0 spiro atoms. The lowest BCUT2D eigenvalue weighted by Gasteiger charge is -2.54. The first-order chi connectivity index (χ1) is 15.2. The highest BCUT2D eigenvalue weighted by Gasteiger charge is 2.46. The second-order valence-electron chi connectivity index (χ2n) is 8.81. The van der Waals surface area contributed by atoms with E-state index >= 15 is 0 Å². The van der Waals surface area contributed by atoms with Crippen LogP contribution in [0.4, 0.5) is 0 Å². The number of halogens is 2. The van der Waals surface area contributed by atoms with Crippen molar-refractivity contribution in [1.29, 1.82) is 0 Å². The second-order valence-corrected chi connectivity index (χ2v) is 9.65. The fourth-order valence-electron chi connectivity index (χ4n) is 5.59. The van der Waals surface area contributed by atoms with E-state index in [0.717, 1.165) is 24.7 Å². The van der Waals surface area contributed by atoms with Crippen LogP contribution < -0.4 is 5.32 Å². The third-order valence-corrected chi connectivity index (χ3v) is 7.62. The van der Waals surface area contributed by atoms with Crippen molar-refractivity contribution in [2.75, 3.05) is 13.1 Å². The van der Waals surface area contributed by atoms with E-state index in [9.17, 15) is 0 Å². The van der Waals surface area contributed by atoms with Gasteiger partial charge in [-0.15, -0.1) is 0 Å². The highest BCUT2D eigenvalue weighted by molar-refractivity contribution is 6.35. The minimum absolute atomic E-state index is 0.197. The standard InChI is InChI=1S/C27H28Cl2N2/c28-22-11-12-23(24(29)17-22)25(20-9-5-2-6-10-20)27-26(21-13-15-31(27)16-14-21)30-18-19-7-3-1-4-8-19/h1-12,17,21,25-27,30H,13-16,18H2. The Morgan fingerprint density at radius 3 is 2.23 bits per heavy atom. The number of hydrogen-bond acceptors (Lipinski definition) is 2. The van der Waals surface area contributed by atoms with Gasteiger partial charge < -0.3 is 5.32 Å². The van der Waals surface area contributed by atoms with Gasteiger partial charge in [0.05, 0.1) is 0 Å². The van der Waals surface area contributed by atoms with Crippen LogP contribution in [-0.4, -0.2) is 30.1 Å². The Balaban J connectivity index is 1.54. The summed E-state index contributed by atoms with van der Waals surface area (Å²) in [6.07, 6.45) is 2.53. The lowest BCUT2D eigenvalue weighted by molar-refractivity contribution is 0.00469. The highest BCUT2D eigenvalue weighted by Crippen LogP contribution is 2.44. The molecule has 3 heterocycles. The van der Waals surface area contributed by atoms with E-state index in [-0.39, 0.29) is 5.92 Å². The first-order valence-corrected chi connectivity index (χ1v) is 12.0. The number of rotatable bonds is 6. The van der Waals surface area contributed by atoms with Crippen molar-refractivity contribution < 1.29 is 0 Å². The Kier molecular flexibility index (Phi) is 6.34. The molecule has 0 saturated carbocycles. The molecule has 2 nitrogen and oxygen atoms in total. The van der Waals surface area contributed by atoms with E-state index in [1.54, 1.807) is 0 Å². The molecule has 3 fully saturated rings. The van der Waals surface area contributed by atoms with E-state index in [4.69, 9.17) is 23.2 Å². The minimum Gasteiger partial charge on any atom is -0.308 e. The van der Waals surface area contributed by atoms with E-state index < -0.39 is 0 Å². The van der Waals surface area contributed by atoms with Crippen LogP contribution in [0.1, 0.15) is 35.4 Å². The number of piperidine rings is 3. The Hall–Kier alpha value is -1.84. The van der Waals surface area contributed by atoms with Crippen LogP contribution in [-0.2, 0) is 6.54 Å². The first kappa shape index (κ1) is 21.0. The molecule has 6 rings (SSSR count). The summed E-state index contributed by atoms with van der Waals surface area (Å²) < 4.78 is 0. The Morgan fingerprint density at radius 1 is 0.871 bits per heavy atom. The van der Waals surface area contributed by atoms with Gasteiger partial charge in [-0.25, -0.2) is 0 Å². The molecule has 0 aliphatic carbocycles. The van der Waals surface area contributed by atoms with Crippen molar-refractivity contribution in [1.82, 2.24) is 10.2 Å². The highest BCUT2D eigenvalue weighted by atomic mass is 35.5. The molecule has 3 aromatic carbocycles. The summed E-state index contributed by atoms with van der Waals surface area (Å²) in [6.45, 7) is 3.21. The smallest absolute Gasteiger partial charge is 0.0459 e. The normalized spacial score (nSPS) is 26.0. The van der Waals surface area contributed by atoms with Crippen LogP contribution >= 0.6 is 23.2 Å². The Morgan fingerprint density at radius 2 is 1.55 bits per heavy atom. The SMILES string of the molecule is Clc1ccc(C(c2ccccc2)C2C(NCc3ccccc3)C3CCN2CC3)c(Cl)c1. The predicted molar refractivity (Wildman–Crippen MR) is 130 cm³/mol. The molecule has 0 amide bonds. The van der Waals surface area contributed by atoms with E-state index in [1.165, 1.54) is 29.5 Å². The van der Waals surface area contributed by atoms with Crippen LogP contribution in [0.5, 0.6) is 0 Å². The van der Waals surface area contributed by atoms with E-state index in [0.29, 0.717) is 23.0 Å². The summed E-state index contributed by atoms with van der Waals surface area (Å²) in [5.74, 6) is 0.887. The molecule has 3 aromatic rings. The average molecular weight is 451 g/mol. The zero-order valence-corrected chi connectivity index (χ0v) is 19.1. The van der Waals surface area contributed by atoms with Crippen molar-refractivity contribution in [3.05, 3.63) is 106 Å². The molecule has 3 unspecified atom stereocenters. The lowest BCUT2D eigenvalue weighted by Crippen LogP contribution is -2.64.